The van der Waals surface area contributed by atoms with Crippen LogP contribution in [0.2, 0.25) is 0 Å². The maximum Gasteiger partial charge on any atom is 0.264 e. The molecule has 0 saturated heterocycles. The monoisotopic (exact) mass is 504 g/mol. The van der Waals surface area contributed by atoms with Crippen molar-refractivity contribution >= 4 is 48.9 Å². The van der Waals surface area contributed by atoms with E-state index in [2.05, 4.69) is 0 Å². The lowest BCUT2D eigenvalue weighted by Gasteiger charge is -2.20. The van der Waals surface area contributed by atoms with Gasteiger partial charge in [-0.3, -0.25) is 9.35 Å². The van der Waals surface area contributed by atoms with Gasteiger partial charge in [-0.1, -0.05) is 36.0 Å². The Morgan fingerprint density at radius 2 is 1.82 bits per heavy atom. The number of ketones is 1. The van der Waals surface area contributed by atoms with E-state index < -0.39 is 25.7 Å². The Labute approximate surface area is 196 Å². The van der Waals surface area contributed by atoms with Gasteiger partial charge in [0.05, 0.1) is 21.4 Å². The zero-order valence-corrected chi connectivity index (χ0v) is 19.7. The van der Waals surface area contributed by atoms with Crippen LogP contribution in [0.5, 0.6) is 0 Å². The lowest BCUT2D eigenvalue weighted by atomic mass is 10.1. The Hall–Kier alpha value is -2.86. The number of allylic oxidation sites excluding steroid dienone is 5. The van der Waals surface area contributed by atoms with Crippen molar-refractivity contribution in [2.45, 2.75) is 16.2 Å². The van der Waals surface area contributed by atoms with Gasteiger partial charge in [-0.15, -0.1) is 0 Å². The van der Waals surface area contributed by atoms with Gasteiger partial charge in [-0.2, -0.15) is 8.42 Å². The van der Waals surface area contributed by atoms with Crippen molar-refractivity contribution in [3.05, 3.63) is 82.3 Å². The molecule has 2 aromatic rings. The van der Waals surface area contributed by atoms with Crippen LogP contribution in [-0.4, -0.2) is 39.5 Å². The summed E-state index contributed by atoms with van der Waals surface area (Å²) in [7, 11) is -7.92. The largest absolute Gasteiger partial charge is 0.399 e. The van der Waals surface area contributed by atoms with E-state index in [9.17, 15) is 21.6 Å². The lowest BCUT2D eigenvalue weighted by Crippen LogP contribution is -2.21. The van der Waals surface area contributed by atoms with Gasteiger partial charge in [0.2, 0.25) is 15.6 Å². The molecule has 2 aliphatic rings. The normalized spacial score (nSPS) is 19.5. The fraction of sp³-hybridized carbons (Fsp3) is 0.136. The first kappa shape index (κ1) is 23.3. The molecule has 0 aliphatic carbocycles. The second-order valence-corrected chi connectivity index (χ2v) is 11.9. The number of benzene rings is 2. The van der Waals surface area contributed by atoms with E-state index >= 15 is 0 Å². The highest BCUT2D eigenvalue weighted by Crippen LogP contribution is 2.46. The summed E-state index contributed by atoms with van der Waals surface area (Å²) < 4.78 is 56.5. The molecule has 0 aromatic heterocycles. The predicted octanol–water partition coefficient (Wildman–Crippen LogP) is 3.41. The second-order valence-electron chi connectivity index (χ2n) is 7.37. The van der Waals surface area contributed by atoms with Gasteiger partial charge in [-0.05, 0) is 48.9 Å². The number of hydrogen-bond donors (Lipinski definition) is 2. The van der Waals surface area contributed by atoms with E-state index in [1.165, 1.54) is 36.0 Å². The highest BCUT2D eigenvalue weighted by atomic mass is 32.2. The van der Waals surface area contributed by atoms with Gasteiger partial charge < -0.3 is 10.6 Å². The summed E-state index contributed by atoms with van der Waals surface area (Å²) in [4.78, 5) is 15.0. The average molecular weight is 505 g/mol. The van der Waals surface area contributed by atoms with Gasteiger partial charge in [-0.25, -0.2) is 8.42 Å². The van der Waals surface area contributed by atoms with Crippen LogP contribution in [-0.2, 0) is 20.0 Å². The molecular formula is C22H20N2O6S3. The number of carbonyl (C=O) groups excluding carboxylic acids is 1. The zero-order chi connectivity index (χ0) is 23.8. The smallest absolute Gasteiger partial charge is 0.264 e. The summed E-state index contributed by atoms with van der Waals surface area (Å²) in [6.45, 7) is 0.340. The molecule has 0 unspecified atom stereocenters. The number of thioether (sulfide) groups is 1. The Balaban J connectivity index is 1.58. The topological polar surface area (TPSA) is 135 Å². The standard InChI is InChI=1S/C22H20N2O6S3/c23-15-10-11-17-18(14-15)31-21(24(17)12-5-13-32(26,27)28)9-4-3-8-20-22(25)16-6-1-2-7-19(16)33(20,29)30/h1-4,6-11,14H,5,12-13,23H2,(H,26,27,28)/b4-3+,20-8-,21-9+. The van der Waals surface area contributed by atoms with Crippen LogP contribution >= 0.6 is 11.8 Å². The molecule has 33 heavy (non-hydrogen) atoms. The predicted molar refractivity (Wildman–Crippen MR) is 128 cm³/mol. The van der Waals surface area contributed by atoms with Gasteiger partial charge in [0.1, 0.15) is 4.91 Å². The van der Waals surface area contributed by atoms with E-state index in [1.54, 1.807) is 30.4 Å². The average Bonchev–Trinajstić information content (AvgIpc) is 3.17. The Morgan fingerprint density at radius 1 is 1.09 bits per heavy atom. The maximum atomic E-state index is 12.6. The molecule has 0 radical (unpaired) electrons. The van der Waals surface area contributed by atoms with E-state index in [-0.39, 0.29) is 27.5 Å². The molecule has 4 rings (SSSR count). The van der Waals surface area contributed by atoms with E-state index in [0.29, 0.717) is 12.2 Å². The lowest BCUT2D eigenvalue weighted by molar-refractivity contribution is 0.104. The molecule has 2 heterocycles. The van der Waals surface area contributed by atoms with Crippen molar-refractivity contribution in [2.24, 2.45) is 0 Å². The number of nitrogens with zero attached hydrogens (tertiary/aromatic N) is 1. The number of sulfone groups is 1. The summed E-state index contributed by atoms with van der Waals surface area (Å²) in [5, 5.41) is 0.768. The summed E-state index contributed by atoms with van der Waals surface area (Å²) >= 11 is 1.43. The van der Waals surface area contributed by atoms with Gasteiger partial charge in [0, 0.05) is 22.7 Å². The minimum atomic E-state index is -4.07. The van der Waals surface area contributed by atoms with Crippen molar-refractivity contribution in [1.82, 2.24) is 0 Å². The van der Waals surface area contributed by atoms with Gasteiger partial charge in [0.15, 0.2) is 0 Å². The van der Waals surface area contributed by atoms with Crippen molar-refractivity contribution in [1.29, 1.82) is 0 Å². The molecule has 0 fully saturated rings. The Bertz CT molecular complexity index is 1440. The third-order valence-corrected chi connectivity index (χ3v) is 8.82. The van der Waals surface area contributed by atoms with Crippen LogP contribution in [0.3, 0.4) is 0 Å². The number of hydrogen-bond acceptors (Lipinski definition) is 8. The molecule has 0 bridgehead atoms. The number of carbonyl (C=O) groups is 1. The minimum absolute atomic E-state index is 0.0115. The van der Waals surface area contributed by atoms with Crippen LogP contribution in [0.15, 0.2) is 86.5 Å². The Kier molecular flexibility index (Phi) is 6.23. The first-order chi connectivity index (χ1) is 15.6. The number of Topliss-reactive ketones (excluding diaryl/α,β-unsaturated/α-hetero) is 1. The minimum Gasteiger partial charge on any atom is -0.399 e. The van der Waals surface area contributed by atoms with Crippen LogP contribution in [0.1, 0.15) is 16.8 Å². The molecule has 2 aliphatic heterocycles. The molecule has 3 N–H and O–H groups in total. The molecule has 0 atom stereocenters. The van der Waals surface area contributed by atoms with Gasteiger partial charge in [0.25, 0.3) is 10.1 Å². The fourth-order valence-corrected chi connectivity index (χ4v) is 6.79. The fourth-order valence-electron chi connectivity index (χ4n) is 3.59. The van der Waals surface area contributed by atoms with Crippen LogP contribution in [0, 0.1) is 0 Å². The first-order valence-corrected chi connectivity index (χ1v) is 13.8. The molecule has 11 heteroatoms. The molecule has 0 saturated carbocycles. The summed E-state index contributed by atoms with van der Waals surface area (Å²) in [6.07, 6.45) is 6.33. The number of rotatable bonds is 6. The number of nitrogen functional groups attached to an aromatic ring is 1. The van der Waals surface area contributed by atoms with Crippen LogP contribution < -0.4 is 10.6 Å². The van der Waals surface area contributed by atoms with Crippen LogP contribution in [0.25, 0.3) is 0 Å². The second kappa shape index (κ2) is 8.82. The first-order valence-electron chi connectivity index (χ1n) is 9.85. The molecule has 0 spiro atoms. The quantitative estimate of drug-likeness (QED) is 0.345. The number of anilines is 2. The van der Waals surface area contributed by atoms with Crippen molar-refractivity contribution < 1.29 is 26.2 Å². The molecule has 0 amide bonds. The summed E-state index contributed by atoms with van der Waals surface area (Å²) in [6, 6.07) is 11.5. The number of nitrogens with two attached hydrogens (primary N) is 1. The van der Waals surface area contributed by atoms with Crippen molar-refractivity contribution in [3.8, 4) is 0 Å². The van der Waals surface area contributed by atoms with Crippen LogP contribution in [0.4, 0.5) is 11.4 Å². The van der Waals surface area contributed by atoms with Gasteiger partial charge >= 0.3 is 0 Å². The zero-order valence-electron chi connectivity index (χ0n) is 17.2. The van der Waals surface area contributed by atoms with E-state index in [4.69, 9.17) is 10.3 Å². The molecule has 172 valence electrons. The molecular weight excluding hydrogens is 484 g/mol. The highest BCUT2D eigenvalue weighted by molar-refractivity contribution is 8.03. The SMILES string of the molecule is Nc1ccc2c(c1)S/C(=C/C=C/C=C1/C(=O)c3ccccc3S1(=O)=O)N2CCCS(=O)(=O)O. The Morgan fingerprint density at radius 3 is 2.55 bits per heavy atom. The highest BCUT2D eigenvalue weighted by Gasteiger charge is 2.38. The van der Waals surface area contributed by atoms with E-state index in [1.807, 2.05) is 17.0 Å². The van der Waals surface area contributed by atoms with Crippen molar-refractivity contribution in [2.75, 3.05) is 22.9 Å². The third kappa shape index (κ3) is 4.76. The molecule has 8 nitrogen and oxygen atoms in total. The summed E-state index contributed by atoms with van der Waals surface area (Å²) in [5.41, 5.74) is 7.48. The molecule has 2 aromatic carbocycles. The third-order valence-electron chi connectivity index (χ3n) is 5.07. The summed E-state index contributed by atoms with van der Waals surface area (Å²) in [5.74, 6) is -0.901. The maximum absolute atomic E-state index is 12.6. The van der Waals surface area contributed by atoms with E-state index in [0.717, 1.165) is 15.6 Å². The number of fused-ring (bicyclic) bond motifs is 2. The van der Waals surface area contributed by atoms with Crippen molar-refractivity contribution in [3.63, 3.8) is 0 Å².